The van der Waals surface area contributed by atoms with Crippen molar-refractivity contribution in [3.63, 3.8) is 0 Å². The van der Waals surface area contributed by atoms with Gasteiger partial charge < -0.3 is 14.7 Å². The van der Waals surface area contributed by atoms with Crippen LogP contribution in [0.3, 0.4) is 0 Å². The van der Waals surface area contributed by atoms with Crippen LogP contribution in [0.1, 0.15) is 18.1 Å². The van der Waals surface area contributed by atoms with E-state index >= 15 is 0 Å². The number of hydrogen-bond acceptors (Lipinski definition) is 4. The second-order valence-corrected chi connectivity index (χ2v) is 4.66. The highest BCUT2D eigenvalue weighted by Crippen LogP contribution is 2.15. The van der Waals surface area contributed by atoms with Crippen LogP contribution in [0.5, 0.6) is 11.5 Å². The van der Waals surface area contributed by atoms with Gasteiger partial charge in [0.05, 0.1) is 19.4 Å². The van der Waals surface area contributed by atoms with E-state index in [0.29, 0.717) is 12.3 Å². The van der Waals surface area contributed by atoms with Crippen molar-refractivity contribution in [1.29, 1.82) is 0 Å². The van der Waals surface area contributed by atoms with Gasteiger partial charge in [0.2, 0.25) is 0 Å². The molecule has 21 heavy (non-hydrogen) atoms. The summed E-state index contributed by atoms with van der Waals surface area (Å²) in [7, 11) is 1.66. The molecule has 1 N–H and O–H groups in total. The molecule has 0 unspecified atom stereocenters. The van der Waals surface area contributed by atoms with Gasteiger partial charge in [-0.2, -0.15) is 0 Å². The molecule has 0 heterocycles. The predicted octanol–water partition coefficient (Wildman–Crippen LogP) is 3.51. The standard InChI is InChI=1S/C17H19NO3/c1-13(18-19)15-5-9-17(10-6-15)21-12-11-14-3-7-16(20-2)8-4-14/h3-10,19H,11-12H2,1-2H3. The first kappa shape index (κ1) is 14.9. The van der Waals surface area contributed by atoms with Crippen molar-refractivity contribution in [2.45, 2.75) is 13.3 Å². The quantitative estimate of drug-likeness (QED) is 0.502. The van der Waals surface area contributed by atoms with E-state index in [1.165, 1.54) is 5.56 Å². The lowest BCUT2D eigenvalue weighted by Crippen LogP contribution is -2.02. The Hall–Kier alpha value is -2.49. The maximum absolute atomic E-state index is 8.71. The Kier molecular flexibility index (Phi) is 5.21. The molecule has 0 aliphatic carbocycles. The zero-order valence-electron chi connectivity index (χ0n) is 12.2. The number of methoxy groups -OCH3 is 1. The Bertz CT molecular complexity index is 588. The monoisotopic (exact) mass is 285 g/mol. The maximum atomic E-state index is 8.71. The van der Waals surface area contributed by atoms with E-state index in [4.69, 9.17) is 14.7 Å². The van der Waals surface area contributed by atoms with Gasteiger partial charge in [-0.3, -0.25) is 0 Å². The minimum Gasteiger partial charge on any atom is -0.497 e. The van der Waals surface area contributed by atoms with Crippen LogP contribution in [0.2, 0.25) is 0 Å². The highest BCUT2D eigenvalue weighted by molar-refractivity contribution is 5.98. The van der Waals surface area contributed by atoms with E-state index in [1.54, 1.807) is 14.0 Å². The largest absolute Gasteiger partial charge is 0.497 e. The Balaban J connectivity index is 1.85. The molecule has 0 fully saturated rings. The van der Waals surface area contributed by atoms with Crippen molar-refractivity contribution >= 4 is 5.71 Å². The molecule has 110 valence electrons. The molecular formula is C17H19NO3. The lowest BCUT2D eigenvalue weighted by atomic mass is 10.1. The van der Waals surface area contributed by atoms with Crippen molar-refractivity contribution in [2.75, 3.05) is 13.7 Å². The van der Waals surface area contributed by atoms with E-state index in [-0.39, 0.29) is 0 Å². The Morgan fingerprint density at radius 1 is 1.00 bits per heavy atom. The summed E-state index contributed by atoms with van der Waals surface area (Å²) in [5.41, 5.74) is 2.66. The fourth-order valence-corrected chi connectivity index (χ4v) is 1.93. The van der Waals surface area contributed by atoms with Gasteiger partial charge in [-0.1, -0.05) is 17.3 Å². The highest BCUT2D eigenvalue weighted by atomic mass is 16.5. The molecule has 2 aromatic carbocycles. The first-order valence-electron chi connectivity index (χ1n) is 6.78. The number of nitrogens with zero attached hydrogens (tertiary/aromatic N) is 1. The molecule has 0 radical (unpaired) electrons. The van der Waals surface area contributed by atoms with Crippen molar-refractivity contribution in [2.24, 2.45) is 5.16 Å². The molecule has 0 aliphatic rings. The smallest absolute Gasteiger partial charge is 0.119 e. The molecule has 0 atom stereocenters. The van der Waals surface area contributed by atoms with Crippen molar-refractivity contribution in [3.8, 4) is 11.5 Å². The zero-order chi connectivity index (χ0) is 15.1. The van der Waals surface area contributed by atoms with E-state index in [9.17, 15) is 0 Å². The van der Waals surface area contributed by atoms with E-state index < -0.39 is 0 Å². The molecule has 0 saturated carbocycles. The van der Waals surface area contributed by atoms with Gasteiger partial charge in [0.25, 0.3) is 0 Å². The molecule has 4 heteroatoms. The number of rotatable bonds is 6. The summed E-state index contributed by atoms with van der Waals surface area (Å²) in [6.07, 6.45) is 0.836. The van der Waals surface area contributed by atoms with Gasteiger partial charge in [-0.15, -0.1) is 0 Å². The summed E-state index contributed by atoms with van der Waals surface area (Å²) in [6.45, 7) is 2.36. The van der Waals surface area contributed by atoms with Crippen molar-refractivity contribution < 1.29 is 14.7 Å². The average molecular weight is 285 g/mol. The van der Waals surface area contributed by atoms with Crippen molar-refractivity contribution in [1.82, 2.24) is 0 Å². The number of oxime groups is 1. The van der Waals surface area contributed by atoms with Crippen LogP contribution in [-0.4, -0.2) is 24.6 Å². The predicted molar refractivity (Wildman–Crippen MR) is 82.6 cm³/mol. The van der Waals surface area contributed by atoms with Crippen LogP contribution >= 0.6 is 0 Å². The summed E-state index contributed by atoms with van der Waals surface area (Å²) in [5.74, 6) is 1.66. The Labute approximate surface area is 124 Å². The van der Waals surface area contributed by atoms with Gasteiger partial charge in [0.1, 0.15) is 11.5 Å². The third-order valence-corrected chi connectivity index (χ3v) is 3.24. The maximum Gasteiger partial charge on any atom is 0.119 e. The third-order valence-electron chi connectivity index (χ3n) is 3.24. The van der Waals surface area contributed by atoms with Crippen LogP contribution in [-0.2, 0) is 6.42 Å². The minimum absolute atomic E-state index is 0.583. The van der Waals surface area contributed by atoms with Crippen LogP contribution in [0.4, 0.5) is 0 Å². The van der Waals surface area contributed by atoms with Crippen LogP contribution in [0.15, 0.2) is 53.7 Å². The summed E-state index contributed by atoms with van der Waals surface area (Å²) >= 11 is 0. The molecular weight excluding hydrogens is 266 g/mol. The first-order chi connectivity index (χ1) is 10.2. The van der Waals surface area contributed by atoms with Gasteiger partial charge in [-0.25, -0.2) is 0 Å². The fourth-order valence-electron chi connectivity index (χ4n) is 1.93. The van der Waals surface area contributed by atoms with Crippen LogP contribution < -0.4 is 9.47 Å². The zero-order valence-corrected chi connectivity index (χ0v) is 12.2. The second kappa shape index (κ2) is 7.33. The van der Waals surface area contributed by atoms with Crippen molar-refractivity contribution in [3.05, 3.63) is 59.7 Å². The topological polar surface area (TPSA) is 51.0 Å². The number of ether oxygens (including phenoxy) is 2. The molecule has 2 rings (SSSR count). The SMILES string of the molecule is COc1ccc(CCOc2ccc(C(C)=NO)cc2)cc1. The molecule has 0 aliphatic heterocycles. The molecule has 0 aromatic heterocycles. The van der Waals surface area contributed by atoms with Gasteiger partial charge >= 0.3 is 0 Å². The number of benzene rings is 2. The molecule has 0 amide bonds. The minimum atomic E-state index is 0.583. The normalized spacial score (nSPS) is 11.2. The summed E-state index contributed by atoms with van der Waals surface area (Å²) in [5, 5.41) is 11.9. The molecule has 0 saturated heterocycles. The van der Waals surface area contributed by atoms with Gasteiger partial charge in [0, 0.05) is 6.42 Å². The lowest BCUT2D eigenvalue weighted by molar-refractivity contribution is 0.318. The lowest BCUT2D eigenvalue weighted by Gasteiger charge is -2.07. The Morgan fingerprint density at radius 2 is 1.62 bits per heavy atom. The van der Waals surface area contributed by atoms with Crippen LogP contribution in [0.25, 0.3) is 0 Å². The molecule has 0 spiro atoms. The Morgan fingerprint density at radius 3 is 2.19 bits per heavy atom. The molecule has 4 nitrogen and oxygen atoms in total. The second-order valence-electron chi connectivity index (χ2n) is 4.66. The molecule has 0 bridgehead atoms. The number of hydrogen-bond donors (Lipinski definition) is 1. The average Bonchev–Trinajstić information content (AvgIpc) is 2.55. The summed E-state index contributed by atoms with van der Waals surface area (Å²) in [4.78, 5) is 0. The van der Waals surface area contributed by atoms with Crippen LogP contribution in [0, 0.1) is 0 Å². The summed E-state index contributed by atoms with van der Waals surface area (Å²) in [6, 6.07) is 15.5. The fraction of sp³-hybridized carbons (Fsp3) is 0.235. The van der Waals surface area contributed by atoms with E-state index in [2.05, 4.69) is 5.16 Å². The highest BCUT2D eigenvalue weighted by Gasteiger charge is 2.00. The van der Waals surface area contributed by atoms with Gasteiger partial charge in [-0.05, 0) is 54.4 Å². The molecule has 2 aromatic rings. The first-order valence-corrected chi connectivity index (χ1v) is 6.78. The van der Waals surface area contributed by atoms with E-state index in [1.807, 2.05) is 48.5 Å². The third kappa shape index (κ3) is 4.24. The summed E-state index contributed by atoms with van der Waals surface area (Å²) < 4.78 is 10.8. The van der Waals surface area contributed by atoms with E-state index in [0.717, 1.165) is 23.5 Å². The van der Waals surface area contributed by atoms with Gasteiger partial charge in [0.15, 0.2) is 0 Å².